The minimum Gasteiger partial charge on any atom is -0.490 e. The number of non-ortho nitro benzene ring substituents is 1. The van der Waals surface area contributed by atoms with E-state index in [-0.39, 0.29) is 53.2 Å². The summed E-state index contributed by atoms with van der Waals surface area (Å²) in [5.74, 6) is 0.393. The molecule has 6 rings (SSSR count). The maximum atomic E-state index is 13.1. The lowest BCUT2D eigenvalue weighted by Crippen LogP contribution is -2.30. The fourth-order valence-corrected chi connectivity index (χ4v) is 6.17. The zero-order valence-corrected chi connectivity index (χ0v) is 19.7. The number of benzene rings is 2. The second kappa shape index (κ2) is 8.29. The van der Waals surface area contributed by atoms with E-state index >= 15 is 0 Å². The van der Waals surface area contributed by atoms with E-state index in [9.17, 15) is 19.7 Å². The molecule has 184 valence electrons. The van der Waals surface area contributed by atoms with Gasteiger partial charge in [-0.1, -0.05) is 12.2 Å². The predicted molar refractivity (Wildman–Crippen MR) is 129 cm³/mol. The van der Waals surface area contributed by atoms with Gasteiger partial charge < -0.3 is 9.47 Å². The first kappa shape index (κ1) is 22.5. The van der Waals surface area contributed by atoms with Crippen LogP contribution in [0.25, 0.3) is 0 Å². The first-order valence-electron chi connectivity index (χ1n) is 12.2. The van der Waals surface area contributed by atoms with Crippen molar-refractivity contribution in [2.75, 3.05) is 6.61 Å². The van der Waals surface area contributed by atoms with Gasteiger partial charge in [0.1, 0.15) is 6.61 Å². The summed E-state index contributed by atoms with van der Waals surface area (Å²) in [6, 6.07) is 11.4. The first-order chi connectivity index (χ1) is 17.4. The zero-order valence-electron chi connectivity index (χ0n) is 19.7. The molecule has 36 heavy (non-hydrogen) atoms. The lowest BCUT2D eigenvalue weighted by atomic mass is 9.85. The van der Waals surface area contributed by atoms with Gasteiger partial charge in [0.05, 0.1) is 29.6 Å². The molecule has 2 aromatic rings. The monoisotopic (exact) mass is 487 g/mol. The van der Waals surface area contributed by atoms with Gasteiger partial charge in [-0.2, -0.15) is 10.1 Å². The molecule has 2 aromatic carbocycles. The van der Waals surface area contributed by atoms with Crippen molar-refractivity contribution in [3.63, 3.8) is 0 Å². The number of amides is 2. The minimum absolute atomic E-state index is 0.0203. The predicted octanol–water partition coefficient (Wildman–Crippen LogP) is 4.10. The largest absolute Gasteiger partial charge is 0.490 e. The van der Waals surface area contributed by atoms with Gasteiger partial charge in [-0.3, -0.25) is 19.7 Å². The fourth-order valence-electron chi connectivity index (χ4n) is 6.17. The SMILES string of the molecule is CCOc1cc(/C=N\N2C(=O)[C@@H]3[C@H](C2=O)[C@@H]2C=C[C@@H]3C23CC3)ccc1OCc1ccc([N+](=O)[O-])cc1. The molecule has 0 N–H and O–H groups in total. The van der Waals surface area contributed by atoms with Crippen molar-refractivity contribution >= 4 is 23.7 Å². The molecular formula is C27H25N3O6. The van der Waals surface area contributed by atoms with Crippen LogP contribution in [0.3, 0.4) is 0 Å². The van der Waals surface area contributed by atoms with Gasteiger partial charge in [0.2, 0.25) is 0 Å². The van der Waals surface area contributed by atoms with E-state index in [2.05, 4.69) is 17.3 Å². The highest BCUT2D eigenvalue weighted by molar-refractivity contribution is 6.07. The number of hydrogen-bond donors (Lipinski definition) is 0. The van der Waals surface area contributed by atoms with E-state index in [1.807, 2.05) is 6.92 Å². The molecule has 3 aliphatic carbocycles. The Morgan fingerprint density at radius 1 is 1.03 bits per heavy atom. The quantitative estimate of drug-likeness (QED) is 0.182. The highest BCUT2D eigenvalue weighted by atomic mass is 16.6. The van der Waals surface area contributed by atoms with Gasteiger partial charge in [-0.25, -0.2) is 0 Å². The van der Waals surface area contributed by atoms with Gasteiger partial charge in [0.25, 0.3) is 17.5 Å². The van der Waals surface area contributed by atoms with E-state index in [0.29, 0.717) is 23.7 Å². The number of carbonyl (C=O) groups excluding carboxylic acids is 2. The summed E-state index contributed by atoms with van der Waals surface area (Å²) in [6.45, 7) is 2.48. The Balaban J connectivity index is 1.16. The van der Waals surface area contributed by atoms with Gasteiger partial charge >= 0.3 is 0 Å². The molecule has 3 fully saturated rings. The van der Waals surface area contributed by atoms with E-state index in [1.165, 1.54) is 18.3 Å². The van der Waals surface area contributed by atoms with Crippen LogP contribution in [0.2, 0.25) is 0 Å². The van der Waals surface area contributed by atoms with Crippen molar-refractivity contribution in [2.45, 2.75) is 26.4 Å². The second-order valence-corrected chi connectivity index (χ2v) is 9.81. The van der Waals surface area contributed by atoms with Crippen LogP contribution in [-0.4, -0.2) is 34.6 Å². The number of allylic oxidation sites excluding steroid dienone is 2. The Labute approximate surface area is 207 Å². The molecule has 1 saturated heterocycles. The number of hydrazone groups is 1. The summed E-state index contributed by atoms with van der Waals surface area (Å²) in [4.78, 5) is 36.6. The Kier molecular flexibility index (Phi) is 5.17. The number of nitro benzene ring substituents is 1. The molecule has 0 aromatic heterocycles. The first-order valence-corrected chi connectivity index (χ1v) is 12.2. The molecule has 2 bridgehead atoms. The zero-order chi connectivity index (χ0) is 25.0. The standard InChI is InChI=1S/C27H25N3O6/c1-2-35-22-13-17(5-10-21(22)36-15-16-3-6-18(7-4-16)30(33)34)14-28-29-25(31)23-19-8-9-20(24(23)26(29)32)27(19)11-12-27/h3-10,13-14,19-20,23-24H,2,11-12,15H2,1H3/b28-14-/t19-,20-,23-,24+/m0/s1. The van der Waals surface area contributed by atoms with Crippen molar-refractivity contribution in [2.24, 2.45) is 34.2 Å². The smallest absolute Gasteiger partial charge is 0.269 e. The van der Waals surface area contributed by atoms with E-state index < -0.39 is 4.92 Å². The number of ether oxygens (including phenoxy) is 2. The highest BCUT2D eigenvalue weighted by Crippen LogP contribution is 2.73. The molecule has 1 heterocycles. The molecule has 0 radical (unpaired) electrons. The maximum absolute atomic E-state index is 13.1. The number of imide groups is 1. The summed E-state index contributed by atoms with van der Waals surface area (Å²) in [5.41, 5.74) is 1.62. The molecule has 2 saturated carbocycles. The number of carbonyl (C=O) groups is 2. The summed E-state index contributed by atoms with van der Waals surface area (Å²) >= 11 is 0. The summed E-state index contributed by atoms with van der Waals surface area (Å²) < 4.78 is 11.6. The van der Waals surface area contributed by atoms with Crippen LogP contribution in [-0.2, 0) is 16.2 Å². The molecule has 4 atom stereocenters. The third kappa shape index (κ3) is 3.41. The van der Waals surface area contributed by atoms with Crippen LogP contribution < -0.4 is 9.47 Å². The molecule has 9 nitrogen and oxygen atoms in total. The minimum atomic E-state index is -0.446. The molecule has 0 unspecified atom stereocenters. The Morgan fingerprint density at radius 2 is 1.69 bits per heavy atom. The van der Waals surface area contributed by atoms with E-state index in [4.69, 9.17) is 9.47 Å². The average molecular weight is 488 g/mol. The number of nitrogens with zero attached hydrogens (tertiary/aromatic N) is 3. The van der Waals surface area contributed by atoms with Crippen LogP contribution in [0.4, 0.5) is 5.69 Å². The van der Waals surface area contributed by atoms with Gasteiger partial charge in [-0.15, -0.1) is 0 Å². The van der Waals surface area contributed by atoms with E-state index in [1.54, 1.807) is 30.3 Å². The third-order valence-electron chi connectivity index (χ3n) is 7.96. The molecule has 1 spiro atoms. The maximum Gasteiger partial charge on any atom is 0.269 e. The summed E-state index contributed by atoms with van der Waals surface area (Å²) in [5, 5.41) is 16.2. The lowest BCUT2D eigenvalue weighted by molar-refractivity contribution is -0.384. The van der Waals surface area contributed by atoms with Gasteiger partial charge in [-0.05, 0) is 78.5 Å². The highest BCUT2D eigenvalue weighted by Gasteiger charge is 2.73. The number of hydrogen-bond acceptors (Lipinski definition) is 7. The summed E-state index contributed by atoms with van der Waals surface area (Å²) in [6.07, 6.45) is 7.99. The van der Waals surface area contributed by atoms with Crippen LogP contribution in [0.5, 0.6) is 11.5 Å². The molecule has 4 aliphatic rings. The van der Waals surface area contributed by atoms with Crippen LogP contribution in [0, 0.1) is 39.2 Å². The normalized spacial score (nSPS) is 26.8. The molecule has 9 heteroatoms. The molecular weight excluding hydrogens is 462 g/mol. The molecule has 2 amide bonds. The lowest BCUT2D eigenvalue weighted by Gasteiger charge is -2.18. The average Bonchev–Trinajstić information content (AvgIpc) is 3.48. The number of rotatable bonds is 8. The number of fused-ring (bicyclic) bond motifs is 3. The molecule has 1 aliphatic heterocycles. The number of nitro groups is 1. The Bertz CT molecular complexity index is 1280. The summed E-state index contributed by atoms with van der Waals surface area (Å²) in [7, 11) is 0. The topological polar surface area (TPSA) is 111 Å². The van der Waals surface area contributed by atoms with Crippen molar-refractivity contribution in [3.8, 4) is 11.5 Å². The Hall–Kier alpha value is -4.01. The van der Waals surface area contributed by atoms with Crippen molar-refractivity contribution < 1.29 is 24.0 Å². The fraction of sp³-hybridized carbons (Fsp3) is 0.370. The Morgan fingerprint density at radius 3 is 2.28 bits per heavy atom. The van der Waals surface area contributed by atoms with Gasteiger partial charge in [0.15, 0.2) is 11.5 Å². The van der Waals surface area contributed by atoms with E-state index in [0.717, 1.165) is 23.4 Å². The van der Waals surface area contributed by atoms with Crippen LogP contribution in [0.1, 0.15) is 30.9 Å². The van der Waals surface area contributed by atoms with Crippen molar-refractivity contribution in [3.05, 3.63) is 75.9 Å². The van der Waals surface area contributed by atoms with Crippen LogP contribution >= 0.6 is 0 Å². The second-order valence-electron chi connectivity index (χ2n) is 9.81. The van der Waals surface area contributed by atoms with Crippen molar-refractivity contribution in [1.29, 1.82) is 0 Å². The van der Waals surface area contributed by atoms with Crippen LogP contribution in [0.15, 0.2) is 59.7 Å². The third-order valence-corrected chi connectivity index (χ3v) is 7.96. The van der Waals surface area contributed by atoms with Gasteiger partial charge in [0, 0.05) is 12.1 Å². The van der Waals surface area contributed by atoms with Crippen molar-refractivity contribution in [1.82, 2.24) is 5.01 Å².